The maximum absolute atomic E-state index is 9.46. The number of hydrogen-bond acceptors (Lipinski definition) is 6. The molecule has 18 heavy (non-hydrogen) atoms. The van der Waals surface area contributed by atoms with Crippen molar-refractivity contribution in [3.63, 3.8) is 0 Å². The molecule has 2 aromatic heterocycles. The lowest BCUT2D eigenvalue weighted by atomic mass is 10.1. The van der Waals surface area contributed by atoms with Crippen LogP contribution in [0.4, 0.5) is 0 Å². The van der Waals surface area contributed by atoms with Gasteiger partial charge in [0, 0.05) is 31.2 Å². The molecule has 1 aliphatic rings. The van der Waals surface area contributed by atoms with Gasteiger partial charge in [0.05, 0.1) is 18.0 Å². The quantitative estimate of drug-likeness (QED) is 0.884. The minimum absolute atomic E-state index is 0.132. The summed E-state index contributed by atoms with van der Waals surface area (Å²) >= 11 is 1.54. The summed E-state index contributed by atoms with van der Waals surface area (Å²) in [6.45, 7) is 2.63. The van der Waals surface area contributed by atoms with E-state index >= 15 is 0 Å². The number of aromatic nitrogens is 4. The Morgan fingerprint density at radius 2 is 2.22 bits per heavy atom. The Hall–Kier alpha value is -1.31. The van der Waals surface area contributed by atoms with Crippen LogP contribution in [-0.2, 0) is 6.54 Å². The topological polar surface area (TPSA) is 67.1 Å². The van der Waals surface area contributed by atoms with Gasteiger partial charge in [0.2, 0.25) is 5.13 Å². The minimum Gasteiger partial charge on any atom is -0.393 e. The van der Waals surface area contributed by atoms with E-state index < -0.39 is 0 Å². The molecule has 3 heterocycles. The normalized spacial score (nSPS) is 18.3. The molecular formula is C11H15N5OS. The van der Waals surface area contributed by atoms with E-state index in [2.05, 4.69) is 20.2 Å². The first-order chi connectivity index (χ1) is 8.81. The second kappa shape index (κ2) is 5.13. The minimum atomic E-state index is -0.132. The number of aliphatic hydroxyl groups excluding tert-OH is 1. The molecule has 0 bridgehead atoms. The molecule has 0 aromatic carbocycles. The molecule has 1 saturated heterocycles. The van der Waals surface area contributed by atoms with Gasteiger partial charge in [-0.1, -0.05) is 5.21 Å². The molecule has 96 valence electrons. The van der Waals surface area contributed by atoms with Gasteiger partial charge in [0.25, 0.3) is 0 Å². The molecule has 0 saturated carbocycles. The van der Waals surface area contributed by atoms with E-state index in [4.69, 9.17) is 0 Å². The summed E-state index contributed by atoms with van der Waals surface area (Å²) in [4.78, 5) is 6.48. The van der Waals surface area contributed by atoms with Crippen molar-refractivity contribution in [3.05, 3.63) is 23.5 Å². The van der Waals surface area contributed by atoms with Crippen LogP contribution in [0.2, 0.25) is 0 Å². The Labute approximate surface area is 109 Å². The molecular weight excluding hydrogens is 250 g/mol. The van der Waals surface area contributed by atoms with E-state index in [9.17, 15) is 5.11 Å². The van der Waals surface area contributed by atoms with Crippen molar-refractivity contribution in [3.8, 4) is 5.13 Å². The molecule has 6 nitrogen and oxygen atoms in total. The highest BCUT2D eigenvalue weighted by atomic mass is 32.1. The van der Waals surface area contributed by atoms with E-state index in [1.54, 1.807) is 10.9 Å². The maximum Gasteiger partial charge on any atom is 0.211 e. The first-order valence-corrected chi connectivity index (χ1v) is 6.91. The van der Waals surface area contributed by atoms with Crippen molar-refractivity contribution < 1.29 is 5.11 Å². The highest BCUT2D eigenvalue weighted by Gasteiger charge is 2.18. The van der Waals surface area contributed by atoms with Crippen LogP contribution in [0.15, 0.2) is 17.8 Å². The predicted molar refractivity (Wildman–Crippen MR) is 67.5 cm³/mol. The number of piperidine rings is 1. The molecule has 0 radical (unpaired) electrons. The van der Waals surface area contributed by atoms with Gasteiger partial charge in [-0.15, -0.1) is 16.4 Å². The molecule has 7 heteroatoms. The fourth-order valence-electron chi connectivity index (χ4n) is 2.10. The first-order valence-electron chi connectivity index (χ1n) is 6.03. The molecule has 0 spiro atoms. The largest absolute Gasteiger partial charge is 0.393 e. The van der Waals surface area contributed by atoms with E-state index in [0.717, 1.165) is 43.3 Å². The lowest BCUT2D eigenvalue weighted by molar-refractivity contribution is 0.0786. The molecule has 0 aliphatic carbocycles. The van der Waals surface area contributed by atoms with Crippen molar-refractivity contribution in [1.82, 2.24) is 24.9 Å². The predicted octanol–water partition coefficient (Wildman–Crippen LogP) is 0.681. The maximum atomic E-state index is 9.46. The first kappa shape index (κ1) is 11.8. The van der Waals surface area contributed by atoms with Crippen LogP contribution < -0.4 is 0 Å². The van der Waals surface area contributed by atoms with E-state index in [-0.39, 0.29) is 6.10 Å². The van der Waals surface area contributed by atoms with Crippen LogP contribution >= 0.6 is 11.3 Å². The molecule has 0 atom stereocenters. The highest BCUT2D eigenvalue weighted by Crippen LogP contribution is 2.14. The fourth-order valence-corrected chi connectivity index (χ4v) is 2.66. The molecule has 2 aromatic rings. The third kappa shape index (κ3) is 2.58. The van der Waals surface area contributed by atoms with Crippen LogP contribution in [0.1, 0.15) is 18.5 Å². The lowest BCUT2D eigenvalue weighted by Crippen LogP contribution is -2.35. The number of nitrogens with zero attached hydrogens (tertiary/aromatic N) is 5. The fraction of sp³-hybridized carbons (Fsp3) is 0.545. The molecule has 1 aliphatic heterocycles. The Kier molecular flexibility index (Phi) is 3.35. The zero-order chi connectivity index (χ0) is 12.4. The van der Waals surface area contributed by atoms with Gasteiger partial charge in [-0.05, 0) is 12.8 Å². The third-order valence-corrected chi connectivity index (χ3v) is 3.86. The van der Waals surface area contributed by atoms with Crippen molar-refractivity contribution in [1.29, 1.82) is 0 Å². The second-order valence-corrected chi connectivity index (χ2v) is 5.35. The SMILES string of the molecule is OC1CCN(Cc2cn(-c3nccs3)nn2)CC1. The summed E-state index contributed by atoms with van der Waals surface area (Å²) < 4.78 is 1.71. The van der Waals surface area contributed by atoms with Crippen LogP contribution in [-0.4, -0.2) is 49.2 Å². The van der Waals surface area contributed by atoms with Gasteiger partial charge in [0.15, 0.2) is 0 Å². The molecule has 1 N–H and O–H groups in total. The van der Waals surface area contributed by atoms with Gasteiger partial charge in [-0.25, -0.2) is 4.98 Å². The van der Waals surface area contributed by atoms with Gasteiger partial charge in [0.1, 0.15) is 0 Å². The summed E-state index contributed by atoms with van der Waals surface area (Å²) in [6, 6.07) is 0. The van der Waals surface area contributed by atoms with Gasteiger partial charge >= 0.3 is 0 Å². The van der Waals surface area contributed by atoms with Crippen LogP contribution in [0.3, 0.4) is 0 Å². The molecule has 1 fully saturated rings. The number of aliphatic hydroxyl groups is 1. The standard InChI is InChI=1S/C11H15N5OS/c17-10-1-4-15(5-2-10)7-9-8-16(14-13-9)11-12-3-6-18-11/h3,6,8,10,17H,1-2,4-5,7H2. The zero-order valence-corrected chi connectivity index (χ0v) is 10.8. The van der Waals surface area contributed by atoms with Gasteiger partial charge < -0.3 is 5.11 Å². The number of hydrogen-bond donors (Lipinski definition) is 1. The van der Waals surface area contributed by atoms with Crippen LogP contribution in [0.5, 0.6) is 0 Å². The summed E-state index contributed by atoms with van der Waals surface area (Å²) in [6.07, 6.45) is 5.24. The third-order valence-electron chi connectivity index (χ3n) is 3.10. The second-order valence-electron chi connectivity index (χ2n) is 4.48. The Bertz CT molecular complexity index is 489. The Balaban J connectivity index is 1.64. The summed E-state index contributed by atoms with van der Waals surface area (Å²) in [7, 11) is 0. The van der Waals surface area contributed by atoms with E-state index in [1.807, 2.05) is 11.6 Å². The molecule has 3 rings (SSSR count). The smallest absolute Gasteiger partial charge is 0.211 e. The summed E-state index contributed by atoms with van der Waals surface area (Å²) in [5.74, 6) is 0. The van der Waals surface area contributed by atoms with E-state index in [1.165, 1.54) is 11.3 Å². The van der Waals surface area contributed by atoms with Crippen molar-refractivity contribution in [2.45, 2.75) is 25.5 Å². The average Bonchev–Trinajstić information content (AvgIpc) is 3.02. The number of rotatable bonds is 3. The Morgan fingerprint density at radius 1 is 1.39 bits per heavy atom. The highest BCUT2D eigenvalue weighted by molar-refractivity contribution is 7.12. The number of likely N-dealkylation sites (tertiary alicyclic amines) is 1. The Morgan fingerprint density at radius 3 is 2.94 bits per heavy atom. The van der Waals surface area contributed by atoms with Crippen molar-refractivity contribution >= 4 is 11.3 Å². The summed E-state index contributed by atoms with van der Waals surface area (Å²) in [5, 5.41) is 20.5. The monoisotopic (exact) mass is 265 g/mol. The average molecular weight is 265 g/mol. The van der Waals surface area contributed by atoms with Crippen LogP contribution in [0, 0.1) is 0 Å². The molecule has 0 amide bonds. The van der Waals surface area contributed by atoms with Crippen LogP contribution in [0.25, 0.3) is 5.13 Å². The van der Waals surface area contributed by atoms with Gasteiger partial charge in [-0.3, -0.25) is 4.90 Å². The molecule has 0 unspecified atom stereocenters. The van der Waals surface area contributed by atoms with E-state index in [0.29, 0.717) is 0 Å². The summed E-state index contributed by atoms with van der Waals surface area (Å²) in [5.41, 5.74) is 0.946. The number of thiazole rings is 1. The zero-order valence-electron chi connectivity index (χ0n) is 9.94. The van der Waals surface area contributed by atoms with Crippen molar-refractivity contribution in [2.75, 3.05) is 13.1 Å². The lowest BCUT2D eigenvalue weighted by Gasteiger charge is -2.28. The van der Waals surface area contributed by atoms with Crippen molar-refractivity contribution in [2.24, 2.45) is 0 Å². The van der Waals surface area contributed by atoms with Gasteiger partial charge in [-0.2, -0.15) is 4.68 Å².